The summed E-state index contributed by atoms with van der Waals surface area (Å²) in [5, 5.41) is 12.8. The zero-order chi connectivity index (χ0) is 10.8. The van der Waals surface area contributed by atoms with Gasteiger partial charge < -0.3 is 15.2 Å². The average Bonchev–Trinajstić information content (AvgIpc) is 2.15. The molecule has 0 saturated carbocycles. The number of likely N-dealkylation sites (N-methyl/N-ethyl adjacent to an activating group) is 1. The normalized spacial score (nSPS) is 26.3. The van der Waals surface area contributed by atoms with Crippen molar-refractivity contribution in [1.82, 2.24) is 5.32 Å². The van der Waals surface area contributed by atoms with Gasteiger partial charge in [0.05, 0.1) is 18.4 Å². The van der Waals surface area contributed by atoms with Crippen molar-refractivity contribution >= 4 is 5.97 Å². The molecule has 0 aromatic carbocycles. The van der Waals surface area contributed by atoms with Crippen LogP contribution in [0.3, 0.4) is 0 Å². The van der Waals surface area contributed by atoms with Crippen LogP contribution in [-0.2, 0) is 9.53 Å². The molecular formula is C10H15NO3. The summed E-state index contributed by atoms with van der Waals surface area (Å²) in [6, 6.07) is 0. The van der Waals surface area contributed by atoms with Crippen LogP contribution in [0.1, 0.15) is 13.3 Å². The molecule has 0 spiro atoms. The number of aliphatic hydroxyl groups is 1. The van der Waals surface area contributed by atoms with E-state index >= 15 is 0 Å². The van der Waals surface area contributed by atoms with Gasteiger partial charge in [0.1, 0.15) is 5.60 Å². The van der Waals surface area contributed by atoms with E-state index in [2.05, 4.69) is 10.1 Å². The van der Waals surface area contributed by atoms with Gasteiger partial charge in [-0.2, -0.15) is 0 Å². The number of methoxy groups -OCH3 is 1. The third-order valence-electron chi connectivity index (χ3n) is 2.26. The predicted molar refractivity (Wildman–Crippen MR) is 52.5 cm³/mol. The number of hydrogen-bond donors (Lipinski definition) is 2. The summed E-state index contributed by atoms with van der Waals surface area (Å²) < 4.78 is 4.62. The number of hydrogen-bond acceptors (Lipinski definition) is 4. The van der Waals surface area contributed by atoms with Gasteiger partial charge in [-0.1, -0.05) is 6.08 Å². The fraction of sp³-hybridized carbons (Fsp3) is 0.500. The van der Waals surface area contributed by atoms with Gasteiger partial charge >= 0.3 is 5.97 Å². The van der Waals surface area contributed by atoms with Gasteiger partial charge in [-0.15, -0.1) is 0 Å². The molecule has 0 fully saturated rings. The summed E-state index contributed by atoms with van der Waals surface area (Å²) in [7, 11) is 2.99. The van der Waals surface area contributed by atoms with Crippen molar-refractivity contribution in [3.05, 3.63) is 23.4 Å². The Kier molecular flexibility index (Phi) is 2.96. The van der Waals surface area contributed by atoms with E-state index in [1.54, 1.807) is 26.1 Å². The van der Waals surface area contributed by atoms with Crippen LogP contribution in [0.2, 0.25) is 0 Å². The van der Waals surface area contributed by atoms with Crippen LogP contribution in [0.5, 0.6) is 0 Å². The minimum atomic E-state index is -1.02. The first-order valence-corrected chi connectivity index (χ1v) is 4.42. The molecule has 0 aromatic heterocycles. The second-order valence-electron chi connectivity index (χ2n) is 3.41. The van der Waals surface area contributed by atoms with E-state index in [4.69, 9.17) is 0 Å². The molecular weight excluding hydrogens is 182 g/mol. The summed E-state index contributed by atoms with van der Waals surface area (Å²) in [4.78, 5) is 11.3. The highest BCUT2D eigenvalue weighted by atomic mass is 16.5. The quantitative estimate of drug-likeness (QED) is 0.627. The van der Waals surface area contributed by atoms with E-state index in [0.29, 0.717) is 17.7 Å². The lowest BCUT2D eigenvalue weighted by Gasteiger charge is -2.29. The first-order valence-electron chi connectivity index (χ1n) is 4.42. The van der Waals surface area contributed by atoms with Crippen molar-refractivity contribution < 1.29 is 14.6 Å². The first kappa shape index (κ1) is 10.8. The fourth-order valence-corrected chi connectivity index (χ4v) is 1.57. The van der Waals surface area contributed by atoms with Gasteiger partial charge in [0.2, 0.25) is 0 Å². The highest BCUT2D eigenvalue weighted by molar-refractivity contribution is 5.93. The van der Waals surface area contributed by atoms with Crippen molar-refractivity contribution in [3.63, 3.8) is 0 Å². The van der Waals surface area contributed by atoms with E-state index < -0.39 is 11.6 Å². The topological polar surface area (TPSA) is 58.6 Å². The Morgan fingerprint density at radius 2 is 2.36 bits per heavy atom. The number of ether oxygens (including phenoxy) is 1. The van der Waals surface area contributed by atoms with Crippen LogP contribution in [-0.4, -0.2) is 30.8 Å². The zero-order valence-corrected chi connectivity index (χ0v) is 8.63. The third-order valence-corrected chi connectivity index (χ3v) is 2.26. The Bertz CT molecular complexity index is 302. The van der Waals surface area contributed by atoms with Gasteiger partial charge in [0, 0.05) is 7.05 Å². The van der Waals surface area contributed by atoms with E-state index in [-0.39, 0.29) is 0 Å². The van der Waals surface area contributed by atoms with Gasteiger partial charge in [0.15, 0.2) is 0 Å². The fourth-order valence-electron chi connectivity index (χ4n) is 1.57. The van der Waals surface area contributed by atoms with Crippen LogP contribution in [0.25, 0.3) is 0 Å². The SMILES string of the molecule is CNC1=C(C(=O)OC)C=CC[C@@]1(C)O. The maximum absolute atomic E-state index is 11.3. The average molecular weight is 197 g/mol. The van der Waals surface area contributed by atoms with Crippen LogP contribution in [0.15, 0.2) is 23.4 Å². The summed E-state index contributed by atoms with van der Waals surface area (Å²) >= 11 is 0. The molecule has 0 saturated heterocycles. The molecule has 1 atom stereocenters. The molecule has 1 rings (SSSR count). The molecule has 78 valence electrons. The van der Waals surface area contributed by atoms with Crippen molar-refractivity contribution in [2.24, 2.45) is 0 Å². The molecule has 0 unspecified atom stereocenters. The van der Waals surface area contributed by atoms with Gasteiger partial charge in [0.25, 0.3) is 0 Å². The maximum atomic E-state index is 11.3. The van der Waals surface area contributed by atoms with Crippen LogP contribution >= 0.6 is 0 Å². The van der Waals surface area contributed by atoms with Crippen molar-refractivity contribution in [2.75, 3.05) is 14.2 Å². The first-order chi connectivity index (χ1) is 6.53. The van der Waals surface area contributed by atoms with Crippen molar-refractivity contribution in [1.29, 1.82) is 0 Å². The summed E-state index contributed by atoms with van der Waals surface area (Å²) in [5.41, 5.74) is -0.134. The van der Waals surface area contributed by atoms with E-state index in [1.807, 2.05) is 0 Å². The molecule has 0 heterocycles. The molecule has 14 heavy (non-hydrogen) atoms. The standard InChI is InChI=1S/C10H15NO3/c1-10(13)6-4-5-7(8(10)11-2)9(12)14-3/h4-5,11,13H,6H2,1-3H3/t10-/m1/s1. The lowest BCUT2D eigenvalue weighted by atomic mass is 9.89. The van der Waals surface area contributed by atoms with Crippen LogP contribution in [0, 0.1) is 0 Å². The molecule has 1 aliphatic rings. The molecule has 0 aromatic rings. The lowest BCUT2D eigenvalue weighted by Crippen LogP contribution is -2.37. The van der Waals surface area contributed by atoms with Gasteiger partial charge in [-0.3, -0.25) is 0 Å². The molecule has 0 bridgehead atoms. The van der Waals surface area contributed by atoms with E-state index in [0.717, 1.165) is 0 Å². The molecule has 0 aliphatic heterocycles. The smallest absolute Gasteiger partial charge is 0.339 e. The number of esters is 1. The number of carbonyl (C=O) groups excluding carboxylic acids is 1. The van der Waals surface area contributed by atoms with Gasteiger partial charge in [-0.25, -0.2) is 4.79 Å². The Labute approximate surface area is 83.3 Å². The molecule has 0 amide bonds. The number of nitrogens with one attached hydrogen (secondary N) is 1. The minimum absolute atomic E-state index is 0.381. The molecule has 0 radical (unpaired) electrons. The van der Waals surface area contributed by atoms with Crippen LogP contribution < -0.4 is 5.32 Å². The van der Waals surface area contributed by atoms with Crippen molar-refractivity contribution in [3.8, 4) is 0 Å². The number of rotatable bonds is 2. The summed E-state index contributed by atoms with van der Waals surface area (Å²) in [6.45, 7) is 1.66. The highest BCUT2D eigenvalue weighted by Gasteiger charge is 2.31. The zero-order valence-electron chi connectivity index (χ0n) is 8.63. The highest BCUT2D eigenvalue weighted by Crippen LogP contribution is 2.27. The molecule has 4 nitrogen and oxygen atoms in total. The van der Waals surface area contributed by atoms with Crippen molar-refractivity contribution in [2.45, 2.75) is 18.9 Å². The molecule has 2 N–H and O–H groups in total. The second-order valence-corrected chi connectivity index (χ2v) is 3.41. The summed E-state index contributed by atoms with van der Waals surface area (Å²) in [6.07, 6.45) is 3.91. The monoisotopic (exact) mass is 197 g/mol. The van der Waals surface area contributed by atoms with Crippen LogP contribution in [0.4, 0.5) is 0 Å². The maximum Gasteiger partial charge on any atom is 0.339 e. The summed E-state index contributed by atoms with van der Waals surface area (Å²) in [5.74, 6) is -0.439. The van der Waals surface area contributed by atoms with E-state index in [1.165, 1.54) is 7.11 Å². The Hall–Kier alpha value is -1.29. The Balaban J connectivity index is 3.14. The number of carbonyl (C=O) groups is 1. The minimum Gasteiger partial charge on any atom is -0.465 e. The Morgan fingerprint density at radius 1 is 1.71 bits per heavy atom. The van der Waals surface area contributed by atoms with E-state index in [9.17, 15) is 9.90 Å². The molecule has 4 heteroatoms. The Morgan fingerprint density at radius 3 is 2.86 bits per heavy atom. The lowest BCUT2D eigenvalue weighted by molar-refractivity contribution is -0.136. The largest absolute Gasteiger partial charge is 0.465 e. The third kappa shape index (κ3) is 1.80. The van der Waals surface area contributed by atoms with Gasteiger partial charge in [-0.05, 0) is 19.4 Å². The molecule has 1 aliphatic carbocycles. The second kappa shape index (κ2) is 3.84. The predicted octanol–water partition coefficient (Wildman–Crippen LogP) is 0.344.